The highest BCUT2D eigenvalue weighted by atomic mass is 32.2. The fourth-order valence-electron chi connectivity index (χ4n) is 3.52. The van der Waals surface area contributed by atoms with E-state index in [9.17, 15) is 9.59 Å². The normalized spacial score (nSPS) is 21.4. The van der Waals surface area contributed by atoms with E-state index < -0.39 is 18.2 Å². The minimum Gasteiger partial charge on any atom is -0.331 e. The van der Waals surface area contributed by atoms with Crippen molar-refractivity contribution in [1.29, 1.82) is 0 Å². The molecule has 2 atom stereocenters. The van der Waals surface area contributed by atoms with Crippen LogP contribution >= 0.6 is 11.8 Å². The van der Waals surface area contributed by atoms with Gasteiger partial charge >= 0.3 is 6.03 Å². The number of amides is 3. The number of fused-ring (bicyclic) bond motifs is 1. The monoisotopic (exact) mass is 394 g/mol. The largest absolute Gasteiger partial charge is 0.331 e. The summed E-state index contributed by atoms with van der Waals surface area (Å²) in [4.78, 5) is 32.9. The summed E-state index contributed by atoms with van der Waals surface area (Å²) in [5, 5.41) is 3.23. The number of likely N-dealkylation sites (N-methyl/N-ethyl adjacent to an activating group) is 1. The van der Waals surface area contributed by atoms with Crippen LogP contribution in [0, 0.1) is 6.92 Å². The van der Waals surface area contributed by atoms with E-state index in [1.165, 1.54) is 16.0 Å². The zero-order valence-corrected chi connectivity index (χ0v) is 16.6. The van der Waals surface area contributed by atoms with Crippen molar-refractivity contribution in [3.05, 3.63) is 71.3 Å². The van der Waals surface area contributed by atoms with Crippen LogP contribution in [-0.2, 0) is 17.1 Å². The molecule has 7 heteroatoms. The lowest BCUT2D eigenvalue weighted by Gasteiger charge is -2.36. The Morgan fingerprint density at radius 1 is 1.07 bits per heavy atom. The Bertz CT molecular complexity index is 931. The fourth-order valence-corrected chi connectivity index (χ4v) is 4.52. The molecular weight excluding hydrogens is 372 g/mol. The summed E-state index contributed by atoms with van der Waals surface area (Å²) in [5.41, 5.74) is 3.52. The zero-order valence-electron chi connectivity index (χ0n) is 15.8. The number of aliphatic imine (C=N–C) groups is 1. The predicted molar refractivity (Wildman–Crippen MR) is 111 cm³/mol. The molecular formula is C21H22N4O2S. The number of aryl methyl sites for hydroxylation is 1. The Kier molecular flexibility index (Phi) is 5.09. The second-order valence-corrected chi connectivity index (χ2v) is 8.01. The van der Waals surface area contributed by atoms with Gasteiger partial charge in [0.05, 0.1) is 0 Å². The van der Waals surface area contributed by atoms with Gasteiger partial charge in [-0.1, -0.05) is 71.9 Å². The number of hydrogen-bond acceptors (Lipinski definition) is 5. The molecule has 2 aliphatic heterocycles. The third-order valence-corrected chi connectivity index (χ3v) is 6.04. The number of carbonyl (C=O) groups is 2. The van der Waals surface area contributed by atoms with Crippen LogP contribution in [0.25, 0.3) is 0 Å². The van der Waals surface area contributed by atoms with E-state index in [0.717, 1.165) is 16.5 Å². The molecule has 144 valence electrons. The van der Waals surface area contributed by atoms with Crippen LogP contribution in [0.3, 0.4) is 0 Å². The predicted octanol–water partition coefficient (Wildman–Crippen LogP) is 2.98. The van der Waals surface area contributed by atoms with E-state index in [4.69, 9.17) is 4.99 Å². The molecule has 2 aromatic carbocycles. The van der Waals surface area contributed by atoms with E-state index in [1.807, 2.05) is 41.3 Å². The molecule has 2 aromatic rings. The molecule has 6 nitrogen and oxygen atoms in total. The first-order valence-corrected chi connectivity index (χ1v) is 10.2. The van der Waals surface area contributed by atoms with E-state index in [1.54, 1.807) is 18.8 Å². The maximum absolute atomic E-state index is 12.6. The van der Waals surface area contributed by atoms with Gasteiger partial charge in [0, 0.05) is 19.3 Å². The Morgan fingerprint density at radius 3 is 2.57 bits per heavy atom. The second kappa shape index (κ2) is 7.67. The molecule has 4 rings (SSSR count). The van der Waals surface area contributed by atoms with Gasteiger partial charge in [-0.2, -0.15) is 0 Å². The molecule has 0 bridgehead atoms. The number of hydrogen-bond donors (Lipinski definition) is 1. The topological polar surface area (TPSA) is 65.0 Å². The lowest BCUT2D eigenvalue weighted by atomic mass is 10.1. The lowest BCUT2D eigenvalue weighted by molar-refractivity contribution is -0.127. The highest BCUT2D eigenvalue weighted by Crippen LogP contribution is 2.31. The maximum Gasteiger partial charge on any atom is 0.325 e. The summed E-state index contributed by atoms with van der Waals surface area (Å²) in [6.07, 6.45) is -0.495. The fraction of sp³-hybridized carbons (Fsp3) is 0.286. The average molecular weight is 395 g/mol. The number of rotatable bonds is 4. The molecule has 2 heterocycles. The standard InChI is InChI=1S/C21H22N4O2S/c1-14-7-6-10-16(11-14)13-28-21-22-18-17(19(26)23-20(27)24(18)2)25(21)12-15-8-4-3-5-9-15/h3-11,17-18H,12-13H2,1-2H3,(H,23,26,27). The molecule has 2 aliphatic rings. The van der Waals surface area contributed by atoms with Gasteiger partial charge in [0.25, 0.3) is 5.91 Å². The number of benzene rings is 2. The zero-order chi connectivity index (χ0) is 19.7. The number of imide groups is 1. The van der Waals surface area contributed by atoms with Crippen LogP contribution in [0.5, 0.6) is 0 Å². The molecule has 2 unspecified atom stereocenters. The Labute approximate surface area is 168 Å². The quantitative estimate of drug-likeness (QED) is 0.866. The highest BCUT2D eigenvalue weighted by molar-refractivity contribution is 8.13. The first-order valence-electron chi connectivity index (χ1n) is 9.17. The number of thioether (sulfide) groups is 1. The van der Waals surface area contributed by atoms with Gasteiger partial charge in [0.2, 0.25) is 0 Å². The van der Waals surface area contributed by atoms with Crippen LogP contribution in [0.2, 0.25) is 0 Å². The molecule has 28 heavy (non-hydrogen) atoms. The molecule has 0 aliphatic carbocycles. The van der Waals surface area contributed by atoms with Gasteiger partial charge in [-0.3, -0.25) is 10.1 Å². The number of carbonyl (C=O) groups excluding carboxylic acids is 2. The third-order valence-electron chi connectivity index (χ3n) is 4.97. The van der Waals surface area contributed by atoms with E-state index in [0.29, 0.717) is 6.54 Å². The second-order valence-electron chi connectivity index (χ2n) is 7.07. The molecule has 1 N–H and O–H groups in total. The number of nitrogens with one attached hydrogen (secondary N) is 1. The summed E-state index contributed by atoms with van der Waals surface area (Å²) in [5.74, 6) is 0.462. The molecule has 0 saturated carbocycles. The van der Waals surface area contributed by atoms with Crippen molar-refractivity contribution in [3.8, 4) is 0 Å². The first kappa shape index (κ1) is 18.6. The van der Waals surface area contributed by atoms with Gasteiger partial charge in [-0.05, 0) is 18.1 Å². The third kappa shape index (κ3) is 3.62. The minimum atomic E-state index is -0.511. The summed E-state index contributed by atoms with van der Waals surface area (Å²) in [6, 6.07) is 17.4. The van der Waals surface area contributed by atoms with E-state index in [-0.39, 0.29) is 5.91 Å². The molecule has 1 fully saturated rings. The van der Waals surface area contributed by atoms with Gasteiger partial charge in [-0.25, -0.2) is 9.79 Å². The van der Waals surface area contributed by atoms with E-state index in [2.05, 4.69) is 30.4 Å². The maximum atomic E-state index is 12.6. The Hall–Kier alpha value is -2.80. The van der Waals surface area contributed by atoms with Crippen molar-refractivity contribution in [2.24, 2.45) is 4.99 Å². The average Bonchev–Trinajstić information content (AvgIpc) is 3.04. The van der Waals surface area contributed by atoms with Crippen LogP contribution in [0.1, 0.15) is 16.7 Å². The smallest absolute Gasteiger partial charge is 0.325 e. The number of amidine groups is 1. The van der Waals surface area contributed by atoms with Crippen molar-refractivity contribution < 1.29 is 9.59 Å². The summed E-state index contributed by atoms with van der Waals surface area (Å²) in [6.45, 7) is 2.64. The van der Waals surface area contributed by atoms with Gasteiger partial charge in [-0.15, -0.1) is 0 Å². The molecule has 0 aromatic heterocycles. The lowest BCUT2D eigenvalue weighted by Crippen LogP contribution is -2.63. The minimum absolute atomic E-state index is 0.293. The van der Waals surface area contributed by atoms with Gasteiger partial charge < -0.3 is 9.80 Å². The number of nitrogens with zero attached hydrogens (tertiary/aromatic N) is 3. The Balaban J connectivity index is 1.60. The molecule has 3 amide bonds. The van der Waals surface area contributed by atoms with Crippen molar-refractivity contribution in [1.82, 2.24) is 15.1 Å². The van der Waals surface area contributed by atoms with Crippen LogP contribution in [0.15, 0.2) is 59.6 Å². The summed E-state index contributed by atoms with van der Waals surface area (Å²) >= 11 is 1.60. The molecule has 0 spiro atoms. The first-order chi connectivity index (χ1) is 13.5. The molecule has 1 saturated heterocycles. The van der Waals surface area contributed by atoms with Crippen LogP contribution in [0.4, 0.5) is 4.79 Å². The van der Waals surface area contributed by atoms with Crippen molar-refractivity contribution in [2.75, 3.05) is 7.05 Å². The summed E-state index contributed by atoms with van der Waals surface area (Å²) < 4.78 is 0. The Morgan fingerprint density at radius 2 is 1.82 bits per heavy atom. The van der Waals surface area contributed by atoms with Crippen molar-refractivity contribution >= 4 is 28.9 Å². The van der Waals surface area contributed by atoms with Crippen molar-refractivity contribution in [2.45, 2.75) is 31.4 Å². The van der Waals surface area contributed by atoms with Crippen molar-refractivity contribution in [3.63, 3.8) is 0 Å². The van der Waals surface area contributed by atoms with E-state index >= 15 is 0 Å². The van der Waals surface area contributed by atoms with Gasteiger partial charge in [0.1, 0.15) is 0 Å². The number of urea groups is 1. The van der Waals surface area contributed by atoms with Crippen LogP contribution in [-0.4, -0.2) is 46.2 Å². The SMILES string of the molecule is Cc1cccc(CSC2=NC3C(C(=O)NC(=O)N3C)N2Cc2ccccc2)c1. The van der Waals surface area contributed by atoms with Crippen LogP contribution < -0.4 is 5.32 Å². The van der Waals surface area contributed by atoms with Gasteiger partial charge in [0.15, 0.2) is 17.4 Å². The summed E-state index contributed by atoms with van der Waals surface area (Å²) in [7, 11) is 1.68. The molecule has 0 radical (unpaired) electrons. The highest BCUT2D eigenvalue weighted by Gasteiger charge is 2.48.